The van der Waals surface area contributed by atoms with E-state index in [4.69, 9.17) is 33.7 Å². The van der Waals surface area contributed by atoms with Crippen molar-refractivity contribution in [1.29, 1.82) is 0 Å². The molecule has 0 fully saturated rings. The van der Waals surface area contributed by atoms with Gasteiger partial charge in [-0.3, -0.25) is 4.79 Å². The molecule has 20 heavy (non-hydrogen) atoms. The topological polar surface area (TPSA) is 64.3 Å². The average molecular weight is 311 g/mol. The Bertz CT molecular complexity index is 660. The highest BCUT2D eigenvalue weighted by molar-refractivity contribution is 6.32. The van der Waals surface area contributed by atoms with Crippen molar-refractivity contribution in [2.45, 2.75) is 0 Å². The number of nitrogen functional groups attached to an aromatic ring is 1. The zero-order chi connectivity index (χ0) is 14.7. The number of hydrogen-bond acceptors (Lipinski definition) is 3. The molecular formula is C14H12Cl2N2O2. The summed E-state index contributed by atoms with van der Waals surface area (Å²) >= 11 is 11.8. The number of amides is 1. The minimum Gasteiger partial charge on any atom is -0.495 e. The number of benzene rings is 2. The number of nitrogens with one attached hydrogen (secondary N) is 1. The molecule has 2 aromatic rings. The summed E-state index contributed by atoms with van der Waals surface area (Å²) in [6.07, 6.45) is 0. The van der Waals surface area contributed by atoms with Crippen LogP contribution in [0.2, 0.25) is 10.0 Å². The van der Waals surface area contributed by atoms with Crippen molar-refractivity contribution >= 4 is 40.5 Å². The Balaban J connectivity index is 2.25. The molecule has 1 amide bonds. The maximum absolute atomic E-state index is 12.1. The van der Waals surface area contributed by atoms with Gasteiger partial charge in [-0.1, -0.05) is 23.2 Å². The molecule has 4 nitrogen and oxygen atoms in total. The second-order valence-corrected chi connectivity index (χ2v) is 4.88. The van der Waals surface area contributed by atoms with Crippen molar-refractivity contribution in [2.24, 2.45) is 0 Å². The van der Waals surface area contributed by atoms with E-state index in [2.05, 4.69) is 5.32 Å². The molecule has 0 unspecified atom stereocenters. The molecule has 0 heterocycles. The maximum Gasteiger partial charge on any atom is 0.257 e. The predicted octanol–water partition coefficient (Wildman–Crippen LogP) is 3.84. The number of carbonyl (C=O) groups excluding carboxylic acids is 1. The van der Waals surface area contributed by atoms with Crippen molar-refractivity contribution in [3.05, 3.63) is 52.0 Å². The smallest absolute Gasteiger partial charge is 0.257 e. The highest BCUT2D eigenvalue weighted by atomic mass is 35.5. The van der Waals surface area contributed by atoms with Crippen molar-refractivity contribution < 1.29 is 9.53 Å². The summed E-state index contributed by atoms with van der Waals surface area (Å²) in [6, 6.07) is 9.65. The van der Waals surface area contributed by atoms with Crippen molar-refractivity contribution in [2.75, 3.05) is 18.2 Å². The number of hydrogen-bond donors (Lipinski definition) is 2. The van der Waals surface area contributed by atoms with Gasteiger partial charge in [-0.05, 0) is 30.3 Å². The Morgan fingerprint density at radius 1 is 1.20 bits per heavy atom. The van der Waals surface area contributed by atoms with Gasteiger partial charge in [0.1, 0.15) is 5.75 Å². The molecule has 2 aromatic carbocycles. The molecule has 0 saturated carbocycles. The number of halogens is 2. The quantitative estimate of drug-likeness (QED) is 0.847. The summed E-state index contributed by atoms with van der Waals surface area (Å²) < 4.78 is 5.09. The lowest BCUT2D eigenvalue weighted by Crippen LogP contribution is -2.14. The molecule has 3 N–H and O–H groups in total. The third kappa shape index (κ3) is 3.15. The van der Waals surface area contributed by atoms with Gasteiger partial charge in [0.15, 0.2) is 0 Å². The molecule has 0 aliphatic heterocycles. The van der Waals surface area contributed by atoms with Crippen LogP contribution >= 0.6 is 23.2 Å². The Morgan fingerprint density at radius 3 is 2.65 bits per heavy atom. The van der Waals surface area contributed by atoms with Crippen molar-refractivity contribution in [1.82, 2.24) is 0 Å². The Kier molecular flexibility index (Phi) is 4.37. The zero-order valence-electron chi connectivity index (χ0n) is 10.6. The second kappa shape index (κ2) is 6.03. The van der Waals surface area contributed by atoms with Crippen LogP contribution in [0, 0.1) is 0 Å². The number of methoxy groups -OCH3 is 1. The summed E-state index contributed by atoms with van der Waals surface area (Å²) in [4.78, 5) is 12.1. The largest absolute Gasteiger partial charge is 0.495 e. The van der Waals surface area contributed by atoms with Gasteiger partial charge in [-0.25, -0.2) is 0 Å². The number of rotatable bonds is 3. The van der Waals surface area contributed by atoms with E-state index in [-0.39, 0.29) is 5.91 Å². The van der Waals surface area contributed by atoms with Crippen LogP contribution in [-0.2, 0) is 0 Å². The van der Waals surface area contributed by atoms with Gasteiger partial charge in [0.2, 0.25) is 0 Å². The normalized spacial score (nSPS) is 10.2. The first-order valence-corrected chi connectivity index (χ1v) is 6.47. The predicted molar refractivity (Wildman–Crippen MR) is 81.8 cm³/mol. The van der Waals surface area contributed by atoms with Crippen molar-refractivity contribution in [3.63, 3.8) is 0 Å². The number of anilines is 2. The van der Waals surface area contributed by atoms with Crippen LogP contribution in [-0.4, -0.2) is 13.0 Å². The van der Waals surface area contributed by atoms with Gasteiger partial charge in [-0.15, -0.1) is 0 Å². The minimum atomic E-state index is -0.352. The summed E-state index contributed by atoms with van der Waals surface area (Å²) in [7, 11) is 1.50. The summed E-state index contributed by atoms with van der Waals surface area (Å²) in [5.41, 5.74) is 6.98. The van der Waals surface area contributed by atoms with Gasteiger partial charge in [0.25, 0.3) is 5.91 Å². The zero-order valence-corrected chi connectivity index (χ0v) is 12.1. The van der Waals surface area contributed by atoms with E-state index in [0.29, 0.717) is 32.7 Å². The van der Waals surface area contributed by atoms with Crippen molar-refractivity contribution in [3.8, 4) is 5.75 Å². The van der Waals surface area contributed by atoms with E-state index in [1.165, 1.54) is 13.2 Å². The van der Waals surface area contributed by atoms with Crippen LogP contribution in [0.3, 0.4) is 0 Å². The summed E-state index contributed by atoms with van der Waals surface area (Å²) in [6.45, 7) is 0. The number of nitrogens with two attached hydrogens (primary N) is 1. The van der Waals surface area contributed by atoms with Gasteiger partial charge >= 0.3 is 0 Å². The number of carbonyl (C=O) groups is 1. The lowest BCUT2D eigenvalue weighted by molar-refractivity contribution is 0.102. The lowest BCUT2D eigenvalue weighted by Gasteiger charge is -2.10. The Labute approximate surface area is 126 Å². The van der Waals surface area contributed by atoms with Crippen LogP contribution in [0.25, 0.3) is 0 Å². The standard InChI is InChI=1S/C14H12Cl2N2O2/c1-20-13-7-9(3-4-11(13)16)18-14(19)10-6-8(15)2-5-12(10)17/h2-7H,17H2,1H3,(H,18,19). The van der Waals surface area contributed by atoms with E-state index in [1.54, 1.807) is 30.3 Å². The molecule has 0 aliphatic carbocycles. The fraction of sp³-hybridized carbons (Fsp3) is 0.0714. The van der Waals surface area contributed by atoms with Crippen LogP contribution in [0.4, 0.5) is 11.4 Å². The molecule has 0 bridgehead atoms. The van der Waals surface area contributed by atoms with Crippen LogP contribution in [0.15, 0.2) is 36.4 Å². The summed E-state index contributed by atoms with van der Waals surface area (Å²) in [5.74, 6) is 0.123. The van der Waals surface area contributed by atoms with E-state index in [1.807, 2.05) is 0 Å². The fourth-order valence-corrected chi connectivity index (χ4v) is 2.03. The van der Waals surface area contributed by atoms with Gasteiger partial charge in [-0.2, -0.15) is 0 Å². The SMILES string of the molecule is COc1cc(NC(=O)c2cc(Cl)ccc2N)ccc1Cl. The first-order chi connectivity index (χ1) is 9.51. The molecule has 0 aromatic heterocycles. The van der Waals surface area contributed by atoms with E-state index < -0.39 is 0 Å². The number of ether oxygens (including phenoxy) is 1. The molecule has 0 saturated heterocycles. The van der Waals surface area contributed by atoms with E-state index in [0.717, 1.165) is 0 Å². The minimum absolute atomic E-state index is 0.311. The Morgan fingerprint density at radius 2 is 1.95 bits per heavy atom. The van der Waals surface area contributed by atoms with Gasteiger partial charge in [0, 0.05) is 22.5 Å². The molecule has 104 valence electrons. The third-order valence-corrected chi connectivity index (χ3v) is 3.22. The molecule has 2 rings (SSSR count). The molecule has 6 heteroatoms. The molecule has 0 aliphatic rings. The van der Waals surface area contributed by atoms with E-state index >= 15 is 0 Å². The van der Waals surface area contributed by atoms with Crippen LogP contribution in [0.1, 0.15) is 10.4 Å². The Hall–Kier alpha value is -1.91. The molecule has 0 spiro atoms. The lowest BCUT2D eigenvalue weighted by atomic mass is 10.1. The maximum atomic E-state index is 12.1. The first-order valence-electron chi connectivity index (χ1n) is 5.71. The molecule has 0 radical (unpaired) electrons. The highest BCUT2D eigenvalue weighted by Crippen LogP contribution is 2.28. The third-order valence-electron chi connectivity index (χ3n) is 2.67. The van der Waals surface area contributed by atoms with E-state index in [9.17, 15) is 4.79 Å². The van der Waals surface area contributed by atoms with Crippen LogP contribution < -0.4 is 15.8 Å². The van der Waals surface area contributed by atoms with Crippen LogP contribution in [0.5, 0.6) is 5.75 Å². The first kappa shape index (κ1) is 14.5. The average Bonchev–Trinajstić information content (AvgIpc) is 2.43. The van der Waals surface area contributed by atoms with Gasteiger partial charge < -0.3 is 15.8 Å². The second-order valence-electron chi connectivity index (χ2n) is 4.04. The summed E-state index contributed by atoms with van der Waals surface area (Å²) in [5, 5.41) is 3.62. The monoisotopic (exact) mass is 310 g/mol. The fourth-order valence-electron chi connectivity index (χ4n) is 1.66. The van der Waals surface area contributed by atoms with Gasteiger partial charge in [0.05, 0.1) is 17.7 Å². The molecule has 0 atom stereocenters. The molecular weight excluding hydrogens is 299 g/mol. The highest BCUT2D eigenvalue weighted by Gasteiger charge is 2.11.